The van der Waals surface area contributed by atoms with Crippen LogP contribution < -0.4 is 0 Å². The molecule has 0 aliphatic carbocycles. The topological polar surface area (TPSA) is 91.2 Å². The zero-order valence-corrected chi connectivity index (χ0v) is 12.3. The van der Waals surface area contributed by atoms with Gasteiger partial charge in [-0.15, -0.1) is 0 Å². The number of likely N-dealkylation sites (N-methyl/N-ethyl adjacent to an activating group) is 1. The summed E-state index contributed by atoms with van der Waals surface area (Å²) in [6.07, 6.45) is 1.57. The Balaban J connectivity index is 1.80. The maximum atomic E-state index is 12.6. The van der Waals surface area contributed by atoms with Crippen molar-refractivity contribution >= 4 is 5.91 Å². The average molecular weight is 290 g/mol. The van der Waals surface area contributed by atoms with E-state index in [0.717, 1.165) is 12.2 Å². The van der Waals surface area contributed by atoms with Gasteiger partial charge in [-0.3, -0.25) is 14.8 Å². The Kier molecular flexibility index (Phi) is 3.46. The molecule has 3 rings (SSSR count). The number of nitrogens with zero attached hydrogens (tertiary/aromatic N) is 5. The molecule has 21 heavy (non-hydrogen) atoms. The molecule has 1 fully saturated rings. The maximum Gasteiger partial charge on any atom is 0.257 e. The molecule has 2 aromatic rings. The van der Waals surface area contributed by atoms with Gasteiger partial charge in [-0.25, -0.2) is 0 Å². The van der Waals surface area contributed by atoms with Crippen molar-refractivity contribution in [3.05, 3.63) is 29.2 Å². The molecular weight excluding hydrogens is 272 g/mol. The van der Waals surface area contributed by atoms with Gasteiger partial charge in [0.1, 0.15) is 6.04 Å². The second-order valence-corrected chi connectivity index (χ2v) is 5.34. The lowest BCUT2D eigenvalue weighted by Gasteiger charge is -2.37. The summed E-state index contributed by atoms with van der Waals surface area (Å²) in [5.74, 6) is 1.14. The van der Waals surface area contributed by atoms with E-state index in [9.17, 15) is 4.79 Å². The van der Waals surface area contributed by atoms with Gasteiger partial charge in [0.25, 0.3) is 5.91 Å². The van der Waals surface area contributed by atoms with E-state index in [4.69, 9.17) is 4.52 Å². The fourth-order valence-electron chi connectivity index (χ4n) is 2.51. The molecule has 8 nitrogen and oxygen atoms in total. The zero-order valence-electron chi connectivity index (χ0n) is 12.3. The smallest absolute Gasteiger partial charge is 0.257 e. The van der Waals surface area contributed by atoms with Gasteiger partial charge in [-0.2, -0.15) is 10.1 Å². The number of carbonyl (C=O) groups is 1. The van der Waals surface area contributed by atoms with Crippen LogP contribution in [0.5, 0.6) is 0 Å². The highest BCUT2D eigenvalue weighted by Gasteiger charge is 2.33. The van der Waals surface area contributed by atoms with Gasteiger partial charge in [0.15, 0.2) is 5.82 Å². The summed E-state index contributed by atoms with van der Waals surface area (Å²) < 4.78 is 5.26. The molecule has 0 radical (unpaired) electrons. The van der Waals surface area contributed by atoms with E-state index in [1.54, 1.807) is 13.1 Å². The van der Waals surface area contributed by atoms with Gasteiger partial charge in [0.05, 0.1) is 11.8 Å². The molecule has 8 heteroatoms. The quantitative estimate of drug-likeness (QED) is 0.868. The Bertz CT molecular complexity index is 649. The van der Waals surface area contributed by atoms with Gasteiger partial charge in [-0.1, -0.05) is 5.16 Å². The molecule has 1 amide bonds. The Morgan fingerprint density at radius 2 is 2.24 bits per heavy atom. The summed E-state index contributed by atoms with van der Waals surface area (Å²) in [5, 5.41) is 10.5. The molecule has 1 aliphatic heterocycles. The minimum absolute atomic E-state index is 0.0180. The van der Waals surface area contributed by atoms with Crippen molar-refractivity contribution < 1.29 is 9.32 Å². The predicted molar refractivity (Wildman–Crippen MR) is 73.6 cm³/mol. The lowest BCUT2D eigenvalue weighted by atomic mass is 10.1. The first-order chi connectivity index (χ1) is 10.1. The second-order valence-electron chi connectivity index (χ2n) is 5.34. The molecule has 0 aromatic carbocycles. The van der Waals surface area contributed by atoms with Crippen LogP contribution in [0.3, 0.4) is 0 Å². The molecule has 1 aliphatic rings. The number of H-pyrrole nitrogens is 1. The third kappa shape index (κ3) is 2.54. The fourth-order valence-corrected chi connectivity index (χ4v) is 2.51. The fraction of sp³-hybridized carbons (Fsp3) is 0.538. The van der Waals surface area contributed by atoms with Crippen molar-refractivity contribution in [3.63, 3.8) is 0 Å². The Hall–Kier alpha value is -2.22. The molecule has 1 atom stereocenters. The second kappa shape index (κ2) is 5.28. The number of carbonyl (C=O) groups excluding carboxylic acids is 1. The lowest BCUT2D eigenvalue weighted by Crippen LogP contribution is -2.49. The first-order valence-electron chi connectivity index (χ1n) is 6.86. The van der Waals surface area contributed by atoms with Gasteiger partial charge in [-0.05, 0) is 20.9 Å². The van der Waals surface area contributed by atoms with Crippen LogP contribution in [-0.4, -0.2) is 62.7 Å². The van der Waals surface area contributed by atoms with Crippen molar-refractivity contribution in [3.8, 4) is 0 Å². The molecule has 1 N–H and O–H groups in total. The Morgan fingerprint density at radius 1 is 1.43 bits per heavy atom. The van der Waals surface area contributed by atoms with E-state index in [-0.39, 0.29) is 11.9 Å². The van der Waals surface area contributed by atoms with Gasteiger partial charge in [0.2, 0.25) is 5.89 Å². The van der Waals surface area contributed by atoms with Crippen molar-refractivity contribution in [2.24, 2.45) is 0 Å². The molecule has 0 saturated carbocycles. The third-order valence-corrected chi connectivity index (χ3v) is 3.82. The third-order valence-electron chi connectivity index (χ3n) is 3.82. The molecule has 1 saturated heterocycles. The van der Waals surface area contributed by atoms with E-state index >= 15 is 0 Å². The Morgan fingerprint density at radius 3 is 2.86 bits per heavy atom. The standard InChI is InChI=1S/C13H18N6O2/c1-8-10(6-14-16-8)13(20)19-5-4-18(3)11(7-19)12-15-9(2)17-21-12/h6,11H,4-5,7H2,1-3H3,(H,14,16)/t11-/m1/s1. The Labute approximate surface area is 122 Å². The monoisotopic (exact) mass is 290 g/mol. The van der Waals surface area contributed by atoms with Crippen LogP contribution in [0, 0.1) is 13.8 Å². The number of hydrogen-bond donors (Lipinski definition) is 1. The first-order valence-corrected chi connectivity index (χ1v) is 6.86. The van der Waals surface area contributed by atoms with E-state index in [1.807, 2.05) is 18.9 Å². The maximum absolute atomic E-state index is 12.6. The van der Waals surface area contributed by atoms with Crippen LogP contribution in [-0.2, 0) is 0 Å². The van der Waals surface area contributed by atoms with E-state index in [0.29, 0.717) is 30.4 Å². The summed E-state index contributed by atoms with van der Waals surface area (Å²) >= 11 is 0. The van der Waals surface area contributed by atoms with Crippen LogP contribution >= 0.6 is 0 Å². The van der Waals surface area contributed by atoms with Crippen molar-refractivity contribution in [2.75, 3.05) is 26.7 Å². The van der Waals surface area contributed by atoms with Crippen molar-refractivity contribution in [1.29, 1.82) is 0 Å². The highest BCUT2D eigenvalue weighted by atomic mass is 16.5. The first kappa shape index (κ1) is 13.7. The van der Waals surface area contributed by atoms with E-state index in [1.165, 1.54) is 0 Å². The van der Waals surface area contributed by atoms with Crippen LogP contribution in [0.25, 0.3) is 0 Å². The molecule has 3 heterocycles. The molecule has 0 unspecified atom stereocenters. The summed E-state index contributed by atoms with van der Waals surface area (Å²) in [6.45, 7) is 5.59. The van der Waals surface area contributed by atoms with Crippen molar-refractivity contribution in [2.45, 2.75) is 19.9 Å². The number of piperazine rings is 1. The van der Waals surface area contributed by atoms with Gasteiger partial charge >= 0.3 is 0 Å². The van der Waals surface area contributed by atoms with Crippen LogP contribution in [0.2, 0.25) is 0 Å². The number of aromatic amines is 1. The summed E-state index contributed by atoms with van der Waals surface area (Å²) in [4.78, 5) is 20.8. The minimum Gasteiger partial charge on any atom is -0.338 e. The molecule has 112 valence electrons. The number of rotatable bonds is 2. The largest absolute Gasteiger partial charge is 0.338 e. The number of hydrogen-bond acceptors (Lipinski definition) is 6. The molecule has 0 bridgehead atoms. The zero-order chi connectivity index (χ0) is 15.0. The lowest BCUT2D eigenvalue weighted by molar-refractivity contribution is 0.0488. The average Bonchev–Trinajstić information content (AvgIpc) is 3.07. The van der Waals surface area contributed by atoms with Crippen molar-refractivity contribution in [1.82, 2.24) is 30.1 Å². The molecular formula is C13H18N6O2. The van der Waals surface area contributed by atoms with Crippen LogP contribution in [0.1, 0.15) is 33.8 Å². The van der Waals surface area contributed by atoms with E-state index in [2.05, 4.69) is 25.2 Å². The number of aryl methyl sites for hydroxylation is 2. The molecule has 0 spiro atoms. The number of amides is 1. The van der Waals surface area contributed by atoms with Gasteiger partial charge < -0.3 is 9.42 Å². The normalized spacial score (nSPS) is 20.0. The van der Waals surface area contributed by atoms with E-state index < -0.39 is 0 Å². The number of nitrogens with one attached hydrogen (secondary N) is 1. The molecule has 2 aromatic heterocycles. The van der Waals surface area contributed by atoms with Crippen LogP contribution in [0.4, 0.5) is 0 Å². The summed E-state index contributed by atoms with van der Waals surface area (Å²) in [7, 11) is 2.00. The highest BCUT2D eigenvalue weighted by Crippen LogP contribution is 2.24. The summed E-state index contributed by atoms with van der Waals surface area (Å²) in [6, 6.07) is -0.0730. The SMILES string of the molecule is Cc1noc([C@H]2CN(C(=O)c3cn[nH]c3C)CCN2C)n1. The highest BCUT2D eigenvalue weighted by molar-refractivity contribution is 5.95. The van der Waals surface area contributed by atoms with Crippen LogP contribution in [0.15, 0.2) is 10.7 Å². The van der Waals surface area contributed by atoms with Gasteiger partial charge in [0, 0.05) is 25.3 Å². The number of aromatic nitrogens is 4. The predicted octanol–water partition coefficient (Wildman–Crippen LogP) is 0.538. The minimum atomic E-state index is -0.0730. The summed E-state index contributed by atoms with van der Waals surface area (Å²) in [5.41, 5.74) is 1.39.